The van der Waals surface area contributed by atoms with Gasteiger partial charge in [0.25, 0.3) is 0 Å². The fourth-order valence-corrected chi connectivity index (χ4v) is 1.59. The molecule has 1 aliphatic carbocycles. The van der Waals surface area contributed by atoms with Crippen molar-refractivity contribution >= 4 is 0 Å². The van der Waals surface area contributed by atoms with Crippen LogP contribution in [0.3, 0.4) is 0 Å². The first-order valence-corrected chi connectivity index (χ1v) is 3.85. The van der Waals surface area contributed by atoms with Gasteiger partial charge in [0.2, 0.25) is 0 Å². The molecular formula is C8H16O. The van der Waals surface area contributed by atoms with Crippen molar-refractivity contribution in [2.75, 3.05) is 7.11 Å². The molecule has 0 aromatic carbocycles. The molecule has 1 aliphatic rings. The van der Waals surface area contributed by atoms with Gasteiger partial charge in [-0.25, -0.2) is 0 Å². The van der Waals surface area contributed by atoms with Gasteiger partial charge in [-0.15, -0.1) is 0 Å². The summed E-state index contributed by atoms with van der Waals surface area (Å²) < 4.78 is 5.26. The zero-order chi connectivity index (χ0) is 6.69. The summed E-state index contributed by atoms with van der Waals surface area (Å²) in [4.78, 5) is 0. The topological polar surface area (TPSA) is 9.23 Å². The Kier molecular flexibility index (Phi) is 2.52. The van der Waals surface area contributed by atoms with E-state index in [-0.39, 0.29) is 0 Å². The van der Waals surface area contributed by atoms with E-state index < -0.39 is 0 Å². The van der Waals surface area contributed by atoms with Crippen LogP contribution in [0.25, 0.3) is 0 Å². The number of rotatable bonds is 1. The first kappa shape index (κ1) is 7.07. The minimum Gasteiger partial charge on any atom is -0.381 e. The molecule has 0 aromatic heterocycles. The van der Waals surface area contributed by atoms with Crippen molar-refractivity contribution in [2.45, 2.75) is 38.7 Å². The molecule has 0 amide bonds. The fourth-order valence-electron chi connectivity index (χ4n) is 1.59. The Morgan fingerprint density at radius 2 is 2.11 bits per heavy atom. The molecule has 0 saturated heterocycles. The average Bonchev–Trinajstić information content (AvgIpc) is 1.88. The smallest absolute Gasteiger partial charge is 0.0573 e. The summed E-state index contributed by atoms with van der Waals surface area (Å²) >= 11 is 0. The first-order chi connectivity index (χ1) is 4.33. The molecule has 0 aliphatic heterocycles. The molecule has 2 atom stereocenters. The van der Waals surface area contributed by atoms with Crippen molar-refractivity contribution in [1.82, 2.24) is 0 Å². The second-order valence-corrected chi connectivity index (χ2v) is 3.13. The van der Waals surface area contributed by atoms with Crippen molar-refractivity contribution in [1.29, 1.82) is 0 Å². The lowest BCUT2D eigenvalue weighted by Crippen LogP contribution is -2.19. The van der Waals surface area contributed by atoms with Gasteiger partial charge in [0, 0.05) is 7.11 Å². The molecule has 1 rings (SSSR count). The summed E-state index contributed by atoms with van der Waals surface area (Å²) in [5.41, 5.74) is 0. The molecule has 0 N–H and O–H groups in total. The molecule has 0 unspecified atom stereocenters. The highest BCUT2D eigenvalue weighted by molar-refractivity contribution is 4.69. The summed E-state index contributed by atoms with van der Waals surface area (Å²) in [5.74, 6) is 0.892. The maximum Gasteiger partial charge on any atom is 0.0573 e. The second-order valence-electron chi connectivity index (χ2n) is 3.13. The van der Waals surface area contributed by atoms with Crippen molar-refractivity contribution in [2.24, 2.45) is 5.92 Å². The van der Waals surface area contributed by atoms with E-state index in [0.29, 0.717) is 6.10 Å². The lowest BCUT2D eigenvalue weighted by molar-refractivity contribution is 0.0542. The van der Waals surface area contributed by atoms with E-state index in [9.17, 15) is 0 Å². The highest BCUT2D eigenvalue weighted by Gasteiger charge is 2.17. The van der Waals surface area contributed by atoms with Crippen LogP contribution < -0.4 is 0 Å². The lowest BCUT2D eigenvalue weighted by atomic mass is 9.89. The molecule has 0 aromatic rings. The minimum atomic E-state index is 0.564. The van der Waals surface area contributed by atoms with Gasteiger partial charge >= 0.3 is 0 Å². The molecule has 1 heteroatoms. The predicted octanol–water partition coefficient (Wildman–Crippen LogP) is 2.21. The van der Waals surface area contributed by atoms with Crippen LogP contribution in [0.1, 0.15) is 32.6 Å². The van der Waals surface area contributed by atoms with E-state index in [0.717, 1.165) is 5.92 Å². The van der Waals surface area contributed by atoms with Gasteiger partial charge in [-0.2, -0.15) is 0 Å². The summed E-state index contributed by atoms with van der Waals surface area (Å²) in [6.45, 7) is 2.31. The Bertz CT molecular complexity index is 80.6. The van der Waals surface area contributed by atoms with Crippen LogP contribution in [0.5, 0.6) is 0 Å². The quantitative estimate of drug-likeness (QED) is 0.526. The largest absolute Gasteiger partial charge is 0.381 e. The van der Waals surface area contributed by atoms with Crippen LogP contribution in [0.2, 0.25) is 0 Å². The third-order valence-electron chi connectivity index (χ3n) is 2.22. The van der Waals surface area contributed by atoms with E-state index in [1.807, 2.05) is 7.11 Å². The molecule has 0 spiro atoms. The summed E-state index contributed by atoms with van der Waals surface area (Å²) in [5, 5.41) is 0. The van der Waals surface area contributed by atoms with E-state index in [1.165, 1.54) is 25.7 Å². The Morgan fingerprint density at radius 3 is 2.56 bits per heavy atom. The average molecular weight is 128 g/mol. The van der Waals surface area contributed by atoms with Gasteiger partial charge in [0.05, 0.1) is 6.10 Å². The van der Waals surface area contributed by atoms with Gasteiger partial charge in [-0.05, 0) is 18.8 Å². The molecule has 9 heavy (non-hydrogen) atoms. The van der Waals surface area contributed by atoms with Crippen LogP contribution in [-0.2, 0) is 4.74 Å². The van der Waals surface area contributed by atoms with Crippen LogP contribution >= 0.6 is 0 Å². The monoisotopic (exact) mass is 128 g/mol. The van der Waals surface area contributed by atoms with E-state index in [2.05, 4.69) is 6.92 Å². The molecule has 0 bridgehead atoms. The first-order valence-electron chi connectivity index (χ1n) is 3.85. The fraction of sp³-hybridized carbons (Fsp3) is 1.00. The number of ether oxygens (including phenoxy) is 1. The van der Waals surface area contributed by atoms with E-state index in [1.54, 1.807) is 0 Å². The Labute approximate surface area is 57.4 Å². The van der Waals surface area contributed by atoms with E-state index >= 15 is 0 Å². The Hall–Kier alpha value is -0.0400. The maximum atomic E-state index is 5.26. The molecule has 0 heterocycles. The van der Waals surface area contributed by atoms with E-state index in [4.69, 9.17) is 4.74 Å². The van der Waals surface area contributed by atoms with Gasteiger partial charge in [0.15, 0.2) is 0 Å². The Balaban J connectivity index is 2.23. The van der Waals surface area contributed by atoms with Crippen molar-refractivity contribution in [3.63, 3.8) is 0 Å². The zero-order valence-corrected chi connectivity index (χ0v) is 6.39. The third kappa shape index (κ3) is 1.98. The minimum absolute atomic E-state index is 0.564. The van der Waals surface area contributed by atoms with Gasteiger partial charge in [-0.1, -0.05) is 19.8 Å². The lowest BCUT2D eigenvalue weighted by Gasteiger charge is -2.25. The van der Waals surface area contributed by atoms with Gasteiger partial charge in [0.1, 0.15) is 0 Å². The molecular weight excluding hydrogens is 112 g/mol. The van der Waals surface area contributed by atoms with Crippen molar-refractivity contribution in [3.05, 3.63) is 0 Å². The third-order valence-corrected chi connectivity index (χ3v) is 2.22. The Morgan fingerprint density at radius 1 is 1.33 bits per heavy atom. The van der Waals surface area contributed by atoms with Gasteiger partial charge in [-0.3, -0.25) is 0 Å². The number of methoxy groups -OCH3 is 1. The van der Waals surface area contributed by atoms with Crippen LogP contribution in [-0.4, -0.2) is 13.2 Å². The SMILES string of the molecule is CO[C@@H]1CCC[C@H](C)C1. The second kappa shape index (κ2) is 3.21. The zero-order valence-electron chi connectivity index (χ0n) is 6.39. The van der Waals surface area contributed by atoms with Crippen LogP contribution in [0.15, 0.2) is 0 Å². The van der Waals surface area contributed by atoms with Crippen molar-refractivity contribution < 1.29 is 4.74 Å². The summed E-state index contributed by atoms with van der Waals surface area (Å²) in [7, 11) is 1.82. The summed E-state index contributed by atoms with van der Waals surface area (Å²) in [6, 6.07) is 0. The normalized spacial score (nSPS) is 36.7. The van der Waals surface area contributed by atoms with Crippen LogP contribution in [0.4, 0.5) is 0 Å². The van der Waals surface area contributed by atoms with Gasteiger partial charge < -0.3 is 4.74 Å². The highest BCUT2D eigenvalue weighted by atomic mass is 16.5. The van der Waals surface area contributed by atoms with Crippen molar-refractivity contribution in [3.8, 4) is 0 Å². The molecule has 1 fully saturated rings. The van der Waals surface area contributed by atoms with Crippen LogP contribution in [0, 0.1) is 5.92 Å². The maximum absolute atomic E-state index is 5.26. The molecule has 1 saturated carbocycles. The molecule has 54 valence electrons. The summed E-state index contributed by atoms with van der Waals surface area (Å²) in [6.07, 6.45) is 5.88. The predicted molar refractivity (Wildman–Crippen MR) is 38.4 cm³/mol. The number of hydrogen-bond acceptors (Lipinski definition) is 1. The molecule has 1 nitrogen and oxygen atoms in total. The highest BCUT2D eigenvalue weighted by Crippen LogP contribution is 2.24. The number of hydrogen-bond donors (Lipinski definition) is 0. The standard InChI is InChI=1S/C8H16O/c1-7-4-3-5-8(6-7)9-2/h7-8H,3-6H2,1-2H3/t7-,8+/m0/s1. The molecule has 0 radical (unpaired) electrons.